The molecular weight excluding hydrogens is 386 g/mol. The van der Waals surface area contributed by atoms with Gasteiger partial charge in [0.15, 0.2) is 11.5 Å². The fourth-order valence-corrected chi connectivity index (χ4v) is 4.74. The average Bonchev–Trinajstić information content (AvgIpc) is 2.73. The first kappa shape index (κ1) is 18.8. The minimum Gasteiger partial charge on any atom is -0.486 e. The third-order valence-electron chi connectivity index (χ3n) is 4.58. The number of benzene rings is 1. The maximum Gasteiger partial charge on any atom is 0.243 e. The Bertz CT molecular complexity index is 952. The van der Waals surface area contributed by atoms with E-state index in [2.05, 4.69) is 9.97 Å². The second kappa shape index (κ2) is 7.80. The Balaban J connectivity index is 1.50. The Morgan fingerprint density at radius 1 is 1.14 bits per heavy atom. The first-order chi connectivity index (χ1) is 13.6. The Kier molecular flexibility index (Phi) is 5.23. The Labute approximate surface area is 163 Å². The summed E-state index contributed by atoms with van der Waals surface area (Å²) in [5.74, 6) is 1.66. The minimum absolute atomic E-state index is 0.179. The van der Waals surface area contributed by atoms with Crippen LogP contribution in [0, 0.1) is 0 Å². The molecule has 0 spiro atoms. The highest BCUT2D eigenvalue weighted by Crippen LogP contribution is 2.33. The van der Waals surface area contributed by atoms with Crippen LogP contribution < -0.4 is 18.9 Å². The van der Waals surface area contributed by atoms with E-state index in [0.29, 0.717) is 49.4 Å². The standard InChI is InChI=1S/C18H21N3O6S/c1-24-17-10-19-11-18(20-17)27-13-3-2-6-21(12-13)28(22,23)14-4-5-15-16(9-14)26-8-7-25-15/h4-5,9-11,13H,2-3,6-8,12H2,1H3. The van der Waals surface area contributed by atoms with E-state index < -0.39 is 10.0 Å². The van der Waals surface area contributed by atoms with E-state index in [-0.39, 0.29) is 17.5 Å². The summed E-state index contributed by atoms with van der Waals surface area (Å²) in [5.41, 5.74) is 0. The van der Waals surface area contributed by atoms with Crippen LogP contribution in [0.2, 0.25) is 0 Å². The Morgan fingerprint density at radius 2 is 1.93 bits per heavy atom. The molecule has 2 aromatic rings. The fourth-order valence-electron chi connectivity index (χ4n) is 3.21. The molecule has 0 radical (unpaired) electrons. The number of hydrogen-bond donors (Lipinski definition) is 0. The van der Waals surface area contributed by atoms with Crippen LogP contribution in [0.25, 0.3) is 0 Å². The summed E-state index contributed by atoms with van der Waals surface area (Å²) in [6.45, 7) is 1.52. The van der Waals surface area contributed by atoms with Crippen molar-refractivity contribution >= 4 is 10.0 Å². The molecule has 2 aliphatic heterocycles. The van der Waals surface area contributed by atoms with Crippen molar-refractivity contribution in [1.29, 1.82) is 0 Å². The van der Waals surface area contributed by atoms with Crippen molar-refractivity contribution < 1.29 is 27.4 Å². The molecule has 4 rings (SSSR count). The topological polar surface area (TPSA) is 100 Å². The van der Waals surface area contributed by atoms with Gasteiger partial charge >= 0.3 is 0 Å². The SMILES string of the molecule is COc1cncc(OC2CCCN(S(=O)(=O)c3ccc4c(c3)OCCO4)C2)n1. The smallest absolute Gasteiger partial charge is 0.243 e. The van der Waals surface area contributed by atoms with Gasteiger partial charge in [0.1, 0.15) is 19.3 Å². The van der Waals surface area contributed by atoms with Gasteiger partial charge in [0, 0.05) is 12.6 Å². The lowest BCUT2D eigenvalue weighted by Crippen LogP contribution is -2.44. The number of rotatable bonds is 5. The average molecular weight is 407 g/mol. The van der Waals surface area contributed by atoms with Crippen LogP contribution in [-0.2, 0) is 10.0 Å². The van der Waals surface area contributed by atoms with Crippen molar-refractivity contribution in [2.45, 2.75) is 23.8 Å². The van der Waals surface area contributed by atoms with Crippen LogP contribution in [0.3, 0.4) is 0 Å². The molecular formula is C18H21N3O6S. The molecule has 3 heterocycles. The summed E-state index contributed by atoms with van der Waals surface area (Å²) in [5, 5.41) is 0. The van der Waals surface area contributed by atoms with E-state index in [4.69, 9.17) is 18.9 Å². The molecule has 150 valence electrons. The highest BCUT2D eigenvalue weighted by atomic mass is 32.2. The summed E-state index contributed by atoms with van der Waals surface area (Å²) < 4.78 is 49.5. The largest absolute Gasteiger partial charge is 0.486 e. The fraction of sp³-hybridized carbons (Fsp3) is 0.444. The molecule has 10 heteroatoms. The van der Waals surface area contributed by atoms with Gasteiger partial charge in [0.25, 0.3) is 0 Å². The van der Waals surface area contributed by atoms with Crippen LogP contribution >= 0.6 is 0 Å². The molecule has 0 aliphatic carbocycles. The molecule has 1 atom stereocenters. The number of methoxy groups -OCH3 is 1. The molecule has 2 aliphatic rings. The maximum absolute atomic E-state index is 13.1. The van der Waals surface area contributed by atoms with Crippen LogP contribution in [0.15, 0.2) is 35.5 Å². The zero-order valence-corrected chi connectivity index (χ0v) is 16.2. The number of sulfonamides is 1. The van der Waals surface area contributed by atoms with Gasteiger partial charge in [-0.3, -0.25) is 4.98 Å². The van der Waals surface area contributed by atoms with Gasteiger partial charge in [-0.25, -0.2) is 8.42 Å². The van der Waals surface area contributed by atoms with E-state index in [1.807, 2.05) is 0 Å². The van der Waals surface area contributed by atoms with E-state index in [1.165, 1.54) is 29.9 Å². The Morgan fingerprint density at radius 3 is 2.75 bits per heavy atom. The summed E-state index contributed by atoms with van der Waals surface area (Å²) in [6, 6.07) is 4.69. The molecule has 1 fully saturated rings. The Hall–Kier alpha value is -2.59. The van der Waals surface area contributed by atoms with Crippen molar-refractivity contribution in [3.05, 3.63) is 30.6 Å². The van der Waals surface area contributed by atoms with E-state index in [1.54, 1.807) is 12.1 Å². The van der Waals surface area contributed by atoms with Crippen LogP contribution in [0.5, 0.6) is 23.3 Å². The molecule has 0 saturated carbocycles. The predicted octanol–water partition coefficient (Wildman–Crippen LogP) is 1.49. The molecule has 0 bridgehead atoms. The molecule has 1 aromatic heterocycles. The normalized spacial score (nSPS) is 19.8. The lowest BCUT2D eigenvalue weighted by atomic mass is 10.1. The maximum atomic E-state index is 13.1. The van der Waals surface area contributed by atoms with Gasteiger partial charge < -0.3 is 18.9 Å². The van der Waals surface area contributed by atoms with Crippen LogP contribution in [0.4, 0.5) is 0 Å². The van der Waals surface area contributed by atoms with Gasteiger partial charge in [-0.05, 0) is 25.0 Å². The molecule has 1 saturated heterocycles. The van der Waals surface area contributed by atoms with E-state index in [9.17, 15) is 8.42 Å². The molecule has 1 unspecified atom stereocenters. The lowest BCUT2D eigenvalue weighted by Gasteiger charge is -2.32. The third-order valence-corrected chi connectivity index (χ3v) is 6.44. The number of fused-ring (bicyclic) bond motifs is 1. The molecule has 9 nitrogen and oxygen atoms in total. The summed E-state index contributed by atoms with van der Waals surface area (Å²) in [7, 11) is -2.18. The number of hydrogen-bond acceptors (Lipinski definition) is 8. The predicted molar refractivity (Wildman–Crippen MR) is 98.4 cm³/mol. The second-order valence-electron chi connectivity index (χ2n) is 6.45. The highest BCUT2D eigenvalue weighted by Gasteiger charge is 2.32. The van der Waals surface area contributed by atoms with E-state index in [0.717, 1.165) is 6.42 Å². The molecule has 28 heavy (non-hydrogen) atoms. The monoisotopic (exact) mass is 407 g/mol. The number of ether oxygens (including phenoxy) is 4. The van der Waals surface area contributed by atoms with Gasteiger partial charge in [0.2, 0.25) is 21.8 Å². The first-order valence-corrected chi connectivity index (χ1v) is 10.4. The molecule has 1 aromatic carbocycles. The van der Waals surface area contributed by atoms with Crippen molar-refractivity contribution in [2.24, 2.45) is 0 Å². The molecule has 0 amide bonds. The van der Waals surface area contributed by atoms with Crippen molar-refractivity contribution in [3.63, 3.8) is 0 Å². The van der Waals surface area contributed by atoms with Gasteiger partial charge in [0.05, 0.1) is 30.9 Å². The summed E-state index contributed by atoms with van der Waals surface area (Å²) in [6.07, 6.45) is 4.06. The number of nitrogens with zero attached hydrogens (tertiary/aromatic N) is 3. The van der Waals surface area contributed by atoms with Crippen LogP contribution in [0.1, 0.15) is 12.8 Å². The summed E-state index contributed by atoms with van der Waals surface area (Å²) in [4.78, 5) is 8.36. The quantitative estimate of drug-likeness (QED) is 0.735. The van der Waals surface area contributed by atoms with Gasteiger partial charge in [-0.2, -0.15) is 9.29 Å². The zero-order valence-electron chi connectivity index (χ0n) is 15.4. The first-order valence-electron chi connectivity index (χ1n) is 8.99. The lowest BCUT2D eigenvalue weighted by molar-refractivity contribution is 0.123. The third kappa shape index (κ3) is 3.83. The van der Waals surface area contributed by atoms with Gasteiger partial charge in [-0.15, -0.1) is 0 Å². The molecule has 0 N–H and O–H groups in total. The zero-order chi connectivity index (χ0) is 19.6. The second-order valence-corrected chi connectivity index (χ2v) is 8.39. The van der Waals surface area contributed by atoms with Crippen molar-refractivity contribution in [1.82, 2.24) is 14.3 Å². The highest BCUT2D eigenvalue weighted by molar-refractivity contribution is 7.89. The van der Waals surface area contributed by atoms with Crippen LogP contribution in [-0.4, -0.2) is 62.2 Å². The number of piperidine rings is 1. The van der Waals surface area contributed by atoms with Crippen molar-refractivity contribution in [2.75, 3.05) is 33.4 Å². The number of aromatic nitrogens is 2. The summed E-state index contributed by atoms with van der Waals surface area (Å²) >= 11 is 0. The van der Waals surface area contributed by atoms with Gasteiger partial charge in [-0.1, -0.05) is 0 Å². The van der Waals surface area contributed by atoms with Crippen molar-refractivity contribution in [3.8, 4) is 23.3 Å². The minimum atomic E-state index is -3.68. The van der Waals surface area contributed by atoms with E-state index >= 15 is 0 Å².